The summed E-state index contributed by atoms with van der Waals surface area (Å²) in [5.74, 6) is -0.225. The van der Waals surface area contributed by atoms with Crippen LogP contribution in [-0.2, 0) is 18.4 Å². The third-order valence-corrected chi connectivity index (χ3v) is 9.94. The van der Waals surface area contributed by atoms with Crippen molar-refractivity contribution >= 4 is 43.5 Å². The Balaban J connectivity index is 1.39. The first-order chi connectivity index (χ1) is 16.5. The zero-order valence-electron chi connectivity index (χ0n) is 19.0. The predicted molar refractivity (Wildman–Crippen MR) is 131 cm³/mol. The van der Waals surface area contributed by atoms with Crippen LogP contribution in [0.1, 0.15) is 50.2 Å². The van der Waals surface area contributed by atoms with Crippen LogP contribution in [0.5, 0.6) is 0 Å². The van der Waals surface area contributed by atoms with Crippen molar-refractivity contribution < 1.29 is 38.2 Å². The summed E-state index contributed by atoms with van der Waals surface area (Å²) in [7, 11) is -9.09. The van der Waals surface area contributed by atoms with Gasteiger partial charge in [-0.1, -0.05) is 12.5 Å². The lowest BCUT2D eigenvalue weighted by Crippen LogP contribution is -2.25. The van der Waals surface area contributed by atoms with Crippen molar-refractivity contribution in [3.8, 4) is 0 Å². The van der Waals surface area contributed by atoms with Gasteiger partial charge in [0.1, 0.15) is 5.82 Å². The van der Waals surface area contributed by atoms with Crippen molar-refractivity contribution in [2.24, 2.45) is 5.92 Å². The Bertz CT molecular complexity index is 1150. The second-order valence-corrected chi connectivity index (χ2v) is 13.6. The monoisotopic (exact) mass is 549 g/mol. The Morgan fingerprint density at radius 3 is 2.69 bits per heavy atom. The van der Waals surface area contributed by atoms with Crippen LogP contribution >= 0.6 is 26.8 Å². The smallest absolute Gasteiger partial charge is 0.340 e. The highest BCUT2D eigenvalue weighted by Crippen LogP contribution is 2.55. The molecular formula is C21H30ClN3O8P2. The summed E-state index contributed by atoms with van der Waals surface area (Å²) in [5, 5.41) is 14.2. The van der Waals surface area contributed by atoms with Gasteiger partial charge in [0.25, 0.3) is 0 Å². The summed E-state index contributed by atoms with van der Waals surface area (Å²) in [4.78, 5) is 36.1. The number of aliphatic hydroxyl groups excluding tert-OH is 1. The molecule has 11 nitrogen and oxygen atoms in total. The summed E-state index contributed by atoms with van der Waals surface area (Å²) in [6.45, 7) is 0.446. The maximum absolute atomic E-state index is 11.9. The van der Waals surface area contributed by atoms with Crippen molar-refractivity contribution in [2.45, 2.75) is 56.8 Å². The number of aromatic nitrogens is 2. The van der Waals surface area contributed by atoms with Crippen LogP contribution in [0.3, 0.4) is 0 Å². The van der Waals surface area contributed by atoms with Gasteiger partial charge < -0.3 is 34.4 Å². The molecule has 5 atom stereocenters. The number of aliphatic hydroxyl groups is 1. The van der Waals surface area contributed by atoms with E-state index < -0.39 is 27.2 Å². The number of nitrogens with zero attached hydrogens (tertiary/aromatic N) is 2. The van der Waals surface area contributed by atoms with Crippen LogP contribution in [0.2, 0.25) is 5.28 Å². The van der Waals surface area contributed by atoms with Crippen LogP contribution in [0.25, 0.3) is 10.9 Å². The van der Waals surface area contributed by atoms with Crippen LogP contribution < -0.4 is 5.32 Å². The van der Waals surface area contributed by atoms with E-state index in [2.05, 4.69) is 15.3 Å². The average Bonchev–Trinajstić information content (AvgIpc) is 3.23. The maximum atomic E-state index is 11.9. The van der Waals surface area contributed by atoms with Crippen molar-refractivity contribution in [1.29, 1.82) is 0 Å². The minimum Gasteiger partial charge on any atom is -0.393 e. The van der Waals surface area contributed by atoms with Gasteiger partial charge in [0.05, 0.1) is 30.4 Å². The molecule has 1 saturated heterocycles. The highest BCUT2D eigenvalue weighted by molar-refractivity contribution is 7.70. The third kappa shape index (κ3) is 7.68. The molecule has 194 valence electrons. The molecule has 0 radical (unpaired) electrons. The Labute approximate surface area is 207 Å². The molecule has 3 unspecified atom stereocenters. The van der Waals surface area contributed by atoms with Crippen LogP contribution in [0, 0.1) is 5.92 Å². The van der Waals surface area contributed by atoms with Crippen molar-refractivity contribution in [3.63, 3.8) is 0 Å². The van der Waals surface area contributed by atoms with E-state index in [1.54, 1.807) is 0 Å². The Morgan fingerprint density at radius 1 is 1.14 bits per heavy atom. The molecule has 35 heavy (non-hydrogen) atoms. The molecule has 4 rings (SSSR count). The normalized spacial score (nSPS) is 27.1. The van der Waals surface area contributed by atoms with E-state index in [0.29, 0.717) is 36.6 Å². The maximum Gasteiger partial charge on any atom is 0.340 e. The second-order valence-electron chi connectivity index (χ2n) is 9.25. The van der Waals surface area contributed by atoms with Gasteiger partial charge in [-0.25, -0.2) is 9.97 Å². The van der Waals surface area contributed by atoms with E-state index in [0.717, 1.165) is 36.6 Å². The van der Waals surface area contributed by atoms with Crippen LogP contribution in [0.15, 0.2) is 18.2 Å². The molecule has 2 heterocycles. The van der Waals surface area contributed by atoms with Crippen molar-refractivity contribution in [1.82, 2.24) is 9.97 Å². The van der Waals surface area contributed by atoms with Crippen molar-refractivity contribution in [2.75, 3.05) is 24.4 Å². The van der Waals surface area contributed by atoms with E-state index >= 15 is 0 Å². The molecule has 0 spiro atoms. The summed E-state index contributed by atoms with van der Waals surface area (Å²) in [6.07, 6.45) is 3.86. The minimum absolute atomic E-state index is 0.114. The number of benzene rings is 1. The molecule has 2 aliphatic rings. The minimum atomic E-state index is -4.67. The number of halogens is 1. The topological polar surface area (TPSA) is 171 Å². The van der Waals surface area contributed by atoms with Gasteiger partial charge in [-0.15, -0.1) is 0 Å². The van der Waals surface area contributed by atoms with Gasteiger partial charge in [-0.05, 0) is 67.3 Å². The Hall–Kier alpha value is -1.13. The molecular weight excluding hydrogens is 520 g/mol. The third-order valence-electron chi connectivity index (χ3n) is 6.31. The number of rotatable bonds is 9. The molecule has 1 aliphatic carbocycles. The molecule has 0 bridgehead atoms. The lowest BCUT2D eigenvalue weighted by molar-refractivity contribution is 0.0150. The summed E-state index contributed by atoms with van der Waals surface area (Å²) >= 11 is 6.18. The van der Waals surface area contributed by atoms with E-state index in [1.807, 2.05) is 18.2 Å². The van der Waals surface area contributed by atoms with E-state index in [1.165, 1.54) is 0 Å². The molecule has 2 fully saturated rings. The van der Waals surface area contributed by atoms with Gasteiger partial charge in [-0.3, -0.25) is 9.13 Å². The highest BCUT2D eigenvalue weighted by Gasteiger charge is 2.34. The van der Waals surface area contributed by atoms with Gasteiger partial charge in [-0.2, -0.15) is 0 Å². The van der Waals surface area contributed by atoms with E-state index in [-0.39, 0.29) is 24.1 Å². The largest absolute Gasteiger partial charge is 0.393 e. The SMILES string of the molecule is O=P(O)(O)CP(=O)(O)OC[C@@H]1CC[C@H](c2ccc3c(NCC4CCCC(O)C4)nc(Cl)nc3c2)O1. The first kappa shape index (κ1) is 26.9. The standard InChI is InChI=1S/C21H30ClN3O8P2/c22-21-24-18-9-14(19-7-5-16(33-19)11-32-35(30,31)12-34(27,28)29)4-6-17(18)20(25-21)23-10-13-2-1-3-15(26)8-13/h4,6,9,13,15-16,19,26H,1-3,5,7-8,10-12H2,(H,30,31)(H,23,24,25)(H2,27,28,29)/t13?,15?,16-,19+/m0/s1. The predicted octanol–water partition coefficient (Wildman–Crippen LogP) is 3.80. The van der Waals surface area contributed by atoms with E-state index in [9.17, 15) is 19.1 Å². The fourth-order valence-corrected chi connectivity index (χ4v) is 7.45. The first-order valence-electron chi connectivity index (χ1n) is 11.5. The molecule has 1 aliphatic heterocycles. The van der Waals surface area contributed by atoms with Gasteiger partial charge in [0.2, 0.25) is 5.28 Å². The number of ether oxygens (including phenoxy) is 1. The summed E-state index contributed by atoms with van der Waals surface area (Å²) in [6, 6.07) is 5.68. The average molecular weight is 550 g/mol. The zero-order chi connectivity index (χ0) is 25.2. The van der Waals surface area contributed by atoms with E-state index in [4.69, 9.17) is 30.6 Å². The number of fused-ring (bicyclic) bond motifs is 1. The molecule has 5 N–H and O–H groups in total. The number of anilines is 1. The first-order valence-corrected chi connectivity index (χ1v) is 15.5. The molecule has 1 saturated carbocycles. The Kier molecular flexibility index (Phi) is 8.53. The summed E-state index contributed by atoms with van der Waals surface area (Å²) in [5.41, 5.74) is 1.51. The van der Waals surface area contributed by atoms with Gasteiger partial charge >= 0.3 is 15.2 Å². The molecule has 1 aromatic carbocycles. The molecule has 0 amide bonds. The lowest BCUT2D eigenvalue weighted by Gasteiger charge is -2.26. The number of hydrogen-bond donors (Lipinski definition) is 5. The second kappa shape index (κ2) is 11.1. The Morgan fingerprint density at radius 2 is 1.94 bits per heavy atom. The molecule has 2 aromatic rings. The number of hydrogen-bond acceptors (Lipinski definition) is 8. The highest BCUT2D eigenvalue weighted by atomic mass is 35.5. The quantitative estimate of drug-likeness (QED) is 0.227. The molecule has 14 heteroatoms. The number of nitrogens with one attached hydrogen (secondary N) is 1. The lowest BCUT2D eigenvalue weighted by atomic mass is 9.87. The molecule has 1 aromatic heterocycles. The van der Waals surface area contributed by atoms with Crippen LogP contribution in [0.4, 0.5) is 5.82 Å². The fraction of sp³-hybridized carbons (Fsp3) is 0.619. The summed E-state index contributed by atoms with van der Waals surface area (Å²) < 4.78 is 33.7. The van der Waals surface area contributed by atoms with Crippen molar-refractivity contribution in [3.05, 3.63) is 29.0 Å². The fourth-order valence-electron chi connectivity index (χ4n) is 4.69. The van der Waals surface area contributed by atoms with Crippen LogP contribution in [-0.4, -0.2) is 61.0 Å². The zero-order valence-corrected chi connectivity index (χ0v) is 21.5. The van der Waals surface area contributed by atoms with Gasteiger partial charge in [0.15, 0.2) is 5.90 Å². The van der Waals surface area contributed by atoms with Gasteiger partial charge in [0, 0.05) is 11.9 Å².